The Morgan fingerprint density at radius 2 is 1.92 bits per heavy atom. The van der Waals surface area contributed by atoms with E-state index in [1.54, 1.807) is 12.1 Å². The van der Waals surface area contributed by atoms with Gasteiger partial charge in [0.2, 0.25) is 0 Å². The normalized spacial score (nSPS) is 10.8. The summed E-state index contributed by atoms with van der Waals surface area (Å²) in [5, 5.41) is 1.47. The molecule has 1 amide bonds. The molecule has 0 unspecified atom stereocenters. The smallest absolute Gasteiger partial charge is 0.265 e. The summed E-state index contributed by atoms with van der Waals surface area (Å²) in [5.41, 5.74) is 9.49. The van der Waals surface area contributed by atoms with Gasteiger partial charge in [-0.2, -0.15) is 0 Å². The van der Waals surface area contributed by atoms with E-state index in [0.717, 1.165) is 20.7 Å². The third-order valence-corrected chi connectivity index (χ3v) is 4.85. The zero-order valence-corrected chi connectivity index (χ0v) is 14.4. The summed E-state index contributed by atoms with van der Waals surface area (Å²) in [6.45, 7) is 0. The van der Waals surface area contributed by atoms with E-state index in [4.69, 9.17) is 11.6 Å². The van der Waals surface area contributed by atoms with Gasteiger partial charge < -0.3 is 5.73 Å². The lowest BCUT2D eigenvalue weighted by Crippen LogP contribution is -2.29. The molecular weight excluding hydrogens is 342 g/mol. The van der Waals surface area contributed by atoms with Crippen LogP contribution in [0, 0.1) is 0 Å². The van der Waals surface area contributed by atoms with Gasteiger partial charge in [0.15, 0.2) is 5.16 Å². The van der Waals surface area contributed by atoms with Gasteiger partial charge >= 0.3 is 0 Å². The van der Waals surface area contributed by atoms with Crippen LogP contribution in [0.25, 0.3) is 10.9 Å². The highest BCUT2D eigenvalue weighted by atomic mass is 32.2. The van der Waals surface area contributed by atoms with Crippen LogP contribution in [0.1, 0.15) is 10.4 Å². The van der Waals surface area contributed by atoms with Crippen molar-refractivity contribution in [2.24, 2.45) is 5.84 Å². The van der Waals surface area contributed by atoms with Crippen LogP contribution in [0.5, 0.6) is 0 Å². The minimum atomic E-state index is -0.321. The maximum Gasteiger partial charge on any atom is 0.265 e. The highest BCUT2D eigenvalue weighted by molar-refractivity contribution is 7.99. The number of benzene rings is 2. The van der Waals surface area contributed by atoms with Gasteiger partial charge in [-0.3, -0.25) is 10.2 Å². The molecule has 0 saturated heterocycles. The molecule has 0 radical (unpaired) electrons. The first kappa shape index (κ1) is 16.6. The van der Waals surface area contributed by atoms with Gasteiger partial charge in [0, 0.05) is 20.7 Å². The SMILES string of the molecule is CSc1nc(N)c2cc(Sc3cccc(C(=O)NN)c3)ccc2n1. The lowest BCUT2D eigenvalue weighted by molar-refractivity contribution is 0.0953. The molecule has 3 aromatic rings. The first-order valence-electron chi connectivity index (χ1n) is 7.01. The predicted octanol–water partition coefficient (Wildman–Crippen LogP) is 2.69. The molecule has 5 N–H and O–H groups in total. The van der Waals surface area contributed by atoms with Crippen molar-refractivity contribution in [3.63, 3.8) is 0 Å². The second-order valence-corrected chi connectivity index (χ2v) is 6.80. The molecule has 0 atom stereocenters. The number of fused-ring (bicyclic) bond motifs is 1. The summed E-state index contributed by atoms with van der Waals surface area (Å²) in [5.74, 6) is 5.31. The van der Waals surface area contributed by atoms with Gasteiger partial charge in [0.1, 0.15) is 5.82 Å². The number of nitrogens with two attached hydrogens (primary N) is 2. The minimum absolute atomic E-state index is 0.321. The number of nitrogen functional groups attached to an aromatic ring is 2. The number of amides is 1. The average molecular weight is 357 g/mol. The Hall–Kier alpha value is -2.29. The molecule has 0 aliphatic rings. The van der Waals surface area contributed by atoms with E-state index in [2.05, 4.69) is 15.4 Å². The van der Waals surface area contributed by atoms with Gasteiger partial charge in [-0.1, -0.05) is 29.6 Å². The second-order valence-electron chi connectivity index (χ2n) is 4.88. The summed E-state index contributed by atoms with van der Waals surface area (Å²) in [4.78, 5) is 22.2. The lowest BCUT2D eigenvalue weighted by atomic mass is 10.2. The lowest BCUT2D eigenvalue weighted by Gasteiger charge is -2.07. The fourth-order valence-electron chi connectivity index (χ4n) is 2.18. The van der Waals surface area contributed by atoms with Crippen LogP contribution in [0.3, 0.4) is 0 Å². The molecule has 6 nitrogen and oxygen atoms in total. The van der Waals surface area contributed by atoms with Gasteiger partial charge in [-0.15, -0.1) is 0 Å². The highest BCUT2D eigenvalue weighted by Crippen LogP contribution is 2.32. The Labute approximate surface area is 147 Å². The fourth-order valence-corrected chi connectivity index (χ4v) is 3.48. The summed E-state index contributed by atoms with van der Waals surface area (Å²) in [6.07, 6.45) is 1.91. The molecule has 24 heavy (non-hydrogen) atoms. The molecule has 0 bridgehead atoms. The molecular formula is C16H15N5OS2. The number of carbonyl (C=O) groups excluding carboxylic acids is 1. The van der Waals surface area contributed by atoms with Crippen LogP contribution >= 0.6 is 23.5 Å². The molecule has 0 fully saturated rings. The average Bonchev–Trinajstić information content (AvgIpc) is 2.61. The van der Waals surface area contributed by atoms with Crippen LogP contribution in [0.4, 0.5) is 5.82 Å². The van der Waals surface area contributed by atoms with E-state index in [-0.39, 0.29) is 5.91 Å². The molecule has 1 heterocycles. The second kappa shape index (κ2) is 7.08. The monoisotopic (exact) mass is 357 g/mol. The van der Waals surface area contributed by atoms with Crippen LogP contribution < -0.4 is 17.0 Å². The quantitative estimate of drug-likeness (QED) is 0.217. The number of hydrazine groups is 1. The number of nitrogens with zero attached hydrogens (tertiary/aromatic N) is 2. The van der Waals surface area contributed by atoms with E-state index >= 15 is 0 Å². The van der Waals surface area contributed by atoms with Crippen molar-refractivity contribution in [3.8, 4) is 0 Å². The standard InChI is InChI=1S/C16H15N5OS2/c1-23-16-19-13-6-5-11(8-12(13)14(17)20-16)24-10-4-2-3-9(7-10)15(22)21-18/h2-8H,18H2,1H3,(H,21,22)(H2,17,19,20). The molecule has 0 aliphatic heterocycles. The van der Waals surface area contributed by atoms with E-state index in [1.807, 2.05) is 36.6 Å². The minimum Gasteiger partial charge on any atom is -0.383 e. The first-order chi connectivity index (χ1) is 11.6. The summed E-state index contributed by atoms with van der Waals surface area (Å²) >= 11 is 2.98. The molecule has 1 aromatic heterocycles. The molecule has 122 valence electrons. The maximum atomic E-state index is 11.6. The van der Waals surface area contributed by atoms with Crippen molar-refractivity contribution in [1.82, 2.24) is 15.4 Å². The Morgan fingerprint density at radius 1 is 1.12 bits per heavy atom. The van der Waals surface area contributed by atoms with Crippen LogP contribution in [0.15, 0.2) is 57.4 Å². The number of rotatable bonds is 4. The Bertz CT molecular complexity index is 916. The molecule has 3 rings (SSSR count). The third kappa shape index (κ3) is 3.45. The van der Waals surface area contributed by atoms with E-state index in [1.165, 1.54) is 23.5 Å². The Kier molecular flexibility index (Phi) is 4.89. The van der Waals surface area contributed by atoms with Crippen molar-refractivity contribution in [2.45, 2.75) is 14.9 Å². The topological polar surface area (TPSA) is 107 Å². The molecule has 8 heteroatoms. The van der Waals surface area contributed by atoms with Crippen molar-refractivity contribution < 1.29 is 4.79 Å². The summed E-state index contributed by atoms with van der Waals surface area (Å²) in [7, 11) is 0. The van der Waals surface area contributed by atoms with Crippen LogP contribution in [-0.4, -0.2) is 22.1 Å². The number of aromatic nitrogens is 2. The summed E-state index contributed by atoms with van der Waals surface area (Å²) in [6, 6.07) is 13.1. The van der Waals surface area contributed by atoms with Gasteiger partial charge in [-0.25, -0.2) is 15.8 Å². The fraction of sp³-hybridized carbons (Fsp3) is 0.0625. The Balaban J connectivity index is 1.93. The van der Waals surface area contributed by atoms with Crippen molar-refractivity contribution in [2.75, 3.05) is 12.0 Å². The van der Waals surface area contributed by atoms with Crippen molar-refractivity contribution in [1.29, 1.82) is 0 Å². The van der Waals surface area contributed by atoms with Crippen LogP contribution in [0.2, 0.25) is 0 Å². The number of hydrogen-bond donors (Lipinski definition) is 3. The third-order valence-electron chi connectivity index (χ3n) is 3.32. The van der Waals surface area contributed by atoms with E-state index in [9.17, 15) is 4.79 Å². The molecule has 0 aliphatic carbocycles. The molecule has 0 saturated carbocycles. The van der Waals surface area contributed by atoms with Gasteiger partial charge in [0.25, 0.3) is 5.91 Å². The maximum absolute atomic E-state index is 11.6. The zero-order valence-electron chi connectivity index (χ0n) is 12.8. The first-order valence-corrected chi connectivity index (χ1v) is 9.05. The van der Waals surface area contributed by atoms with E-state index in [0.29, 0.717) is 16.5 Å². The van der Waals surface area contributed by atoms with Crippen LogP contribution in [-0.2, 0) is 0 Å². The zero-order chi connectivity index (χ0) is 17.1. The summed E-state index contributed by atoms with van der Waals surface area (Å²) < 4.78 is 0. The van der Waals surface area contributed by atoms with Crippen molar-refractivity contribution in [3.05, 3.63) is 48.0 Å². The molecule has 2 aromatic carbocycles. The van der Waals surface area contributed by atoms with Crippen molar-refractivity contribution >= 4 is 46.2 Å². The Morgan fingerprint density at radius 3 is 2.67 bits per heavy atom. The molecule has 0 spiro atoms. The number of thioether (sulfide) groups is 1. The predicted molar refractivity (Wildman–Crippen MR) is 98.0 cm³/mol. The largest absolute Gasteiger partial charge is 0.383 e. The van der Waals surface area contributed by atoms with Gasteiger partial charge in [0.05, 0.1) is 5.52 Å². The van der Waals surface area contributed by atoms with E-state index < -0.39 is 0 Å². The number of hydrogen-bond acceptors (Lipinski definition) is 7. The number of carbonyl (C=O) groups is 1. The highest BCUT2D eigenvalue weighted by Gasteiger charge is 2.08. The number of anilines is 1. The number of nitrogens with one attached hydrogen (secondary N) is 1. The van der Waals surface area contributed by atoms with Gasteiger partial charge in [-0.05, 0) is 42.7 Å².